The molecule has 0 radical (unpaired) electrons. The summed E-state index contributed by atoms with van der Waals surface area (Å²) in [5.41, 5.74) is 2.18. The number of fused-ring (bicyclic) bond motifs is 1. The maximum Gasteiger partial charge on any atom is 0.254 e. The van der Waals surface area contributed by atoms with E-state index >= 15 is 0 Å². The predicted molar refractivity (Wildman–Crippen MR) is 93.7 cm³/mol. The van der Waals surface area contributed by atoms with Crippen LogP contribution in [0.4, 0.5) is 0 Å². The van der Waals surface area contributed by atoms with E-state index in [1.165, 1.54) is 12.1 Å². The van der Waals surface area contributed by atoms with Crippen molar-refractivity contribution in [3.8, 4) is 0 Å². The van der Waals surface area contributed by atoms with E-state index in [-0.39, 0.29) is 10.8 Å². The fourth-order valence-corrected chi connectivity index (χ4v) is 3.51. The molecule has 0 saturated carbocycles. The van der Waals surface area contributed by atoms with Gasteiger partial charge in [0, 0.05) is 36.5 Å². The second-order valence-corrected chi connectivity index (χ2v) is 8.83. The number of hydrogen-bond acceptors (Lipinski definition) is 5. The third-order valence-electron chi connectivity index (χ3n) is 4.09. The summed E-state index contributed by atoms with van der Waals surface area (Å²) in [7, 11) is -3.35. The van der Waals surface area contributed by atoms with Crippen LogP contribution in [-0.2, 0) is 29.3 Å². The van der Waals surface area contributed by atoms with Crippen molar-refractivity contribution in [2.24, 2.45) is 5.92 Å². The predicted octanol–water partition coefficient (Wildman–Crippen LogP) is 2.23. The largest absolute Gasteiger partial charge is 0.328 e. The smallest absolute Gasteiger partial charge is 0.254 e. The normalized spacial score (nSPS) is 14.0. The number of hydrogen-bond donors (Lipinski definition) is 0. The first-order valence-electron chi connectivity index (χ1n) is 8.17. The molecule has 3 rings (SSSR count). The Labute approximate surface area is 147 Å². The Morgan fingerprint density at radius 2 is 2.04 bits per heavy atom. The van der Waals surface area contributed by atoms with Gasteiger partial charge in [0.2, 0.25) is 0 Å². The molecule has 0 spiro atoms. The Bertz CT molecular complexity index is 923. The second kappa shape index (κ2) is 6.55. The number of benzene rings is 1. The van der Waals surface area contributed by atoms with Gasteiger partial charge in [-0.1, -0.05) is 19.9 Å². The molecule has 2 aromatic rings. The molecular weight excluding hydrogens is 338 g/mol. The number of amides is 1. The monoisotopic (exact) mass is 359 g/mol. The Kier molecular flexibility index (Phi) is 4.60. The Morgan fingerprint density at radius 3 is 2.72 bits per heavy atom. The number of nitrogens with zero attached hydrogens (tertiary/aromatic N) is 3. The lowest BCUT2D eigenvalue weighted by Gasteiger charge is -2.15. The molecule has 0 fully saturated rings. The topological polar surface area (TPSA) is 80.2 Å². The van der Waals surface area contributed by atoms with Crippen molar-refractivity contribution >= 4 is 15.7 Å². The van der Waals surface area contributed by atoms with Crippen LogP contribution in [0, 0.1) is 5.92 Å². The van der Waals surface area contributed by atoms with Gasteiger partial charge in [0.25, 0.3) is 5.91 Å². The third-order valence-corrected chi connectivity index (χ3v) is 5.20. The fourth-order valence-electron chi connectivity index (χ4n) is 2.84. The van der Waals surface area contributed by atoms with Crippen molar-refractivity contribution in [1.29, 1.82) is 0 Å². The van der Waals surface area contributed by atoms with E-state index in [0.717, 1.165) is 29.8 Å². The number of carbonyl (C=O) groups is 1. The highest BCUT2D eigenvalue weighted by molar-refractivity contribution is 7.90. The molecule has 1 aromatic carbocycles. The van der Waals surface area contributed by atoms with Gasteiger partial charge in [-0.15, -0.1) is 0 Å². The number of sulfone groups is 1. The molecule has 132 valence electrons. The fraction of sp³-hybridized carbons (Fsp3) is 0.389. The zero-order chi connectivity index (χ0) is 18.2. The Balaban J connectivity index is 1.81. The molecule has 0 atom stereocenters. The van der Waals surface area contributed by atoms with Crippen LogP contribution in [0.2, 0.25) is 0 Å². The van der Waals surface area contributed by atoms with Gasteiger partial charge in [0.1, 0.15) is 5.82 Å². The first kappa shape index (κ1) is 17.5. The maximum atomic E-state index is 12.7. The summed E-state index contributed by atoms with van der Waals surface area (Å²) in [5, 5.41) is 0. The number of carbonyl (C=O) groups excluding carboxylic acids is 1. The van der Waals surface area contributed by atoms with Crippen LogP contribution in [0.1, 0.15) is 41.3 Å². The zero-order valence-electron chi connectivity index (χ0n) is 14.6. The highest BCUT2D eigenvalue weighted by Crippen LogP contribution is 2.23. The van der Waals surface area contributed by atoms with Crippen LogP contribution >= 0.6 is 0 Å². The molecule has 0 unspecified atom stereocenters. The van der Waals surface area contributed by atoms with Gasteiger partial charge in [-0.2, -0.15) is 0 Å². The molecule has 0 aliphatic carbocycles. The van der Waals surface area contributed by atoms with Crippen LogP contribution < -0.4 is 0 Å². The lowest BCUT2D eigenvalue weighted by molar-refractivity contribution is 0.0750. The van der Waals surface area contributed by atoms with Crippen LogP contribution in [0.3, 0.4) is 0 Å². The highest BCUT2D eigenvalue weighted by Gasteiger charge is 2.26. The van der Waals surface area contributed by atoms with Gasteiger partial charge >= 0.3 is 0 Å². The summed E-state index contributed by atoms with van der Waals surface area (Å²) >= 11 is 0. The number of rotatable bonds is 4. The standard InChI is InChI=1S/C18H21N3O3S/c1-12(2)7-17-19-9-14-10-21(11-16(14)20-17)18(22)13-5-4-6-15(8-13)25(3,23)24/h4-6,8-9,12H,7,10-11H2,1-3H3. The van der Waals surface area contributed by atoms with E-state index in [4.69, 9.17) is 0 Å². The molecule has 6 nitrogen and oxygen atoms in total. The SMILES string of the molecule is CC(C)Cc1ncc2c(n1)CN(C(=O)c1cccc(S(C)(=O)=O)c1)C2. The maximum absolute atomic E-state index is 12.7. The van der Waals surface area contributed by atoms with Crippen molar-refractivity contribution in [3.63, 3.8) is 0 Å². The van der Waals surface area contributed by atoms with E-state index in [9.17, 15) is 13.2 Å². The zero-order valence-corrected chi connectivity index (χ0v) is 15.4. The summed E-state index contributed by atoms with van der Waals surface area (Å²) in [6.07, 6.45) is 3.73. The lowest BCUT2D eigenvalue weighted by Crippen LogP contribution is -2.25. The Hall–Kier alpha value is -2.28. The lowest BCUT2D eigenvalue weighted by atomic mass is 10.1. The average molecular weight is 359 g/mol. The molecule has 7 heteroatoms. The van der Waals surface area contributed by atoms with Crippen molar-refractivity contribution in [2.75, 3.05) is 6.26 Å². The molecule has 2 heterocycles. The third kappa shape index (κ3) is 3.87. The average Bonchev–Trinajstić information content (AvgIpc) is 2.96. The summed E-state index contributed by atoms with van der Waals surface area (Å²) < 4.78 is 23.4. The second-order valence-electron chi connectivity index (χ2n) is 6.82. The van der Waals surface area contributed by atoms with E-state index in [1.807, 2.05) is 0 Å². The quantitative estimate of drug-likeness (QED) is 0.836. The molecular formula is C18H21N3O3S. The molecule has 1 aromatic heterocycles. The summed E-state index contributed by atoms with van der Waals surface area (Å²) in [5.74, 6) is 1.06. The van der Waals surface area contributed by atoms with Crippen molar-refractivity contribution in [2.45, 2.75) is 38.3 Å². The van der Waals surface area contributed by atoms with Gasteiger partial charge in [-0.25, -0.2) is 18.4 Å². The minimum absolute atomic E-state index is 0.147. The van der Waals surface area contributed by atoms with Gasteiger partial charge in [0.05, 0.1) is 17.1 Å². The molecule has 25 heavy (non-hydrogen) atoms. The van der Waals surface area contributed by atoms with E-state index in [2.05, 4.69) is 23.8 Å². The van der Waals surface area contributed by atoms with Gasteiger partial charge in [-0.3, -0.25) is 4.79 Å². The van der Waals surface area contributed by atoms with Crippen LogP contribution in [0.15, 0.2) is 35.4 Å². The van der Waals surface area contributed by atoms with Crippen molar-refractivity contribution in [1.82, 2.24) is 14.9 Å². The first-order valence-corrected chi connectivity index (χ1v) is 10.1. The van der Waals surface area contributed by atoms with Gasteiger partial charge in [-0.05, 0) is 24.1 Å². The minimum Gasteiger partial charge on any atom is -0.328 e. The van der Waals surface area contributed by atoms with Crippen LogP contribution in [-0.4, -0.2) is 35.4 Å². The molecule has 1 aliphatic heterocycles. The molecule has 0 saturated heterocycles. The summed E-state index contributed by atoms with van der Waals surface area (Å²) in [6.45, 7) is 5.09. The summed E-state index contributed by atoms with van der Waals surface area (Å²) in [4.78, 5) is 23.5. The Morgan fingerprint density at radius 1 is 1.28 bits per heavy atom. The van der Waals surface area contributed by atoms with E-state index in [0.29, 0.717) is 24.6 Å². The van der Waals surface area contributed by atoms with Crippen molar-refractivity contribution < 1.29 is 13.2 Å². The first-order chi connectivity index (χ1) is 11.7. The highest BCUT2D eigenvalue weighted by atomic mass is 32.2. The molecule has 0 N–H and O–H groups in total. The van der Waals surface area contributed by atoms with Gasteiger partial charge < -0.3 is 4.90 Å². The minimum atomic E-state index is -3.35. The number of aromatic nitrogens is 2. The molecule has 1 amide bonds. The van der Waals surface area contributed by atoms with E-state index < -0.39 is 9.84 Å². The summed E-state index contributed by atoms with van der Waals surface area (Å²) in [6, 6.07) is 6.15. The molecule has 1 aliphatic rings. The molecule has 0 bridgehead atoms. The van der Waals surface area contributed by atoms with Crippen LogP contribution in [0.5, 0.6) is 0 Å². The van der Waals surface area contributed by atoms with Gasteiger partial charge in [0.15, 0.2) is 9.84 Å². The van der Waals surface area contributed by atoms with Crippen LogP contribution in [0.25, 0.3) is 0 Å². The van der Waals surface area contributed by atoms with E-state index in [1.54, 1.807) is 23.2 Å². The van der Waals surface area contributed by atoms with Crippen molar-refractivity contribution in [3.05, 3.63) is 53.1 Å².